The summed E-state index contributed by atoms with van der Waals surface area (Å²) in [5.41, 5.74) is 0.994. The summed E-state index contributed by atoms with van der Waals surface area (Å²) in [6.45, 7) is 5.39. The number of imide groups is 2. The largest absolute Gasteiger partial charge is 0.454 e. The average molecular weight is 343 g/mol. The van der Waals surface area contributed by atoms with E-state index in [0.717, 1.165) is 4.90 Å². The fourth-order valence-corrected chi connectivity index (χ4v) is 2.64. The highest BCUT2D eigenvalue weighted by Gasteiger charge is 2.42. The van der Waals surface area contributed by atoms with E-state index in [1.165, 1.54) is 6.08 Å². The van der Waals surface area contributed by atoms with Crippen LogP contribution in [-0.2, 0) is 9.59 Å². The van der Waals surface area contributed by atoms with Crippen LogP contribution in [0.3, 0.4) is 0 Å². The molecule has 1 atom stereocenters. The van der Waals surface area contributed by atoms with Gasteiger partial charge in [0.05, 0.1) is 0 Å². The molecule has 1 saturated heterocycles. The number of hydrogen-bond donors (Lipinski definition) is 2. The van der Waals surface area contributed by atoms with Crippen LogP contribution < -0.4 is 20.1 Å². The summed E-state index contributed by atoms with van der Waals surface area (Å²) >= 11 is 0. The van der Waals surface area contributed by atoms with Crippen LogP contribution in [-0.4, -0.2) is 36.1 Å². The van der Waals surface area contributed by atoms with Gasteiger partial charge in [0.1, 0.15) is 0 Å². The van der Waals surface area contributed by atoms with Gasteiger partial charge in [0.25, 0.3) is 0 Å². The molecule has 2 aliphatic rings. The minimum Gasteiger partial charge on any atom is -0.454 e. The quantitative estimate of drug-likeness (QED) is 0.623. The van der Waals surface area contributed by atoms with Crippen molar-refractivity contribution in [1.82, 2.24) is 10.2 Å². The van der Waals surface area contributed by atoms with Gasteiger partial charge in [-0.15, -0.1) is 6.58 Å². The molecule has 0 unspecified atom stereocenters. The van der Waals surface area contributed by atoms with E-state index in [4.69, 9.17) is 9.47 Å². The lowest BCUT2D eigenvalue weighted by atomic mass is 9.99. The zero-order valence-corrected chi connectivity index (χ0v) is 13.6. The van der Waals surface area contributed by atoms with Gasteiger partial charge in [0, 0.05) is 24.0 Å². The van der Waals surface area contributed by atoms with E-state index >= 15 is 0 Å². The minimum absolute atomic E-state index is 0.0233. The molecular weight excluding hydrogens is 326 g/mol. The van der Waals surface area contributed by atoms with Crippen molar-refractivity contribution >= 4 is 23.5 Å². The summed E-state index contributed by atoms with van der Waals surface area (Å²) in [6.07, 6.45) is 3.04. The highest BCUT2D eigenvalue weighted by atomic mass is 16.7. The first kappa shape index (κ1) is 16.6. The maximum atomic E-state index is 12.6. The first-order chi connectivity index (χ1) is 12.0. The second-order valence-electron chi connectivity index (χ2n) is 5.40. The number of nitrogens with zero attached hydrogens (tertiary/aromatic N) is 1. The monoisotopic (exact) mass is 343 g/mol. The highest BCUT2D eigenvalue weighted by Crippen LogP contribution is 2.35. The van der Waals surface area contributed by atoms with Crippen molar-refractivity contribution in [3.8, 4) is 11.5 Å². The average Bonchev–Trinajstić information content (AvgIpc) is 3.05. The minimum atomic E-state index is -1.15. The van der Waals surface area contributed by atoms with Crippen LogP contribution in [0.2, 0.25) is 0 Å². The van der Waals surface area contributed by atoms with E-state index in [0.29, 0.717) is 22.9 Å². The molecule has 130 valence electrons. The summed E-state index contributed by atoms with van der Waals surface area (Å²) in [6, 6.07) is 4.44. The number of amides is 4. The Morgan fingerprint density at radius 1 is 1.36 bits per heavy atom. The van der Waals surface area contributed by atoms with E-state index in [1.54, 1.807) is 31.2 Å². The maximum absolute atomic E-state index is 12.6. The van der Waals surface area contributed by atoms with Crippen molar-refractivity contribution in [2.24, 2.45) is 5.92 Å². The molecule has 2 aliphatic heterocycles. The number of urea groups is 1. The van der Waals surface area contributed by atoms with E-state index in [2.05, 4.69) is 17.2 Å². The van der Waals surface area contributed by atoms with Gasteiger partial charge in [-0.3, -0.25) is 19.8 Å². The first-order valence-electron chi connectivity index (χ1n) is 7.65. The summed E-state index contributed by atoms with van der Waals surface area (Å²) in [4.78, 5) is 37.5. The van der Waals surface area contributed by atoms with Crippen LogP contribution in [0.4, 0.5) is 10.5 Å². The van der Waals surface area contributed by atoms with Crippen LogP contribution in [0.5, 0.6) is 11.5 Å². The molecule has 0 bridgehead atoms. The third kappa shape index (κ3) is 3.06. The lowest BCUT2D eigenvalue weighted by molar-refractivity contribution is -0.140. The lowest BCUT2D eigenvalue weighted by Gasteiger charge is -2.31. The summed E-state index contributed by atoms with van der Waals surface area (Å²) in [7, 11) is 0. The molecule has 0 aromatic heterocycles. The predicted molar refractivity (Wildman–Crippen MR) is 88.9 cm³/mol. The van der Waals surface area contributed by atoms with Crippen LogP contribution in [0.15, 0.2) is 42.6 Å². The zero-order valence-electron chi connectivity index (χ0n) is 13.6. The summed E-state index contributed by atoms with van der Waals surface area (Å²) in [5, 5.41) is 5.24. The Hall–Kier alpha value is -3.29. The highest BCUT2D eigenvalue weighted by molar-refractivity contribution is 6.18. The molecule has 0 spiro atoms. The van der Waals surface area contributed by atoms with Crippen molar-refractivity contribution < 1.29 is 23.9 Å². The van der Waals surface area contributed by atoms with Gasteiger partial charge in [-0.25, -0.2) is 4.79 Å². The number of barbiturate groups is 1. The number of ether oxygens (including phenoxy) is 2. The van der Waals surface area contributed by atoms with Crippen molar-refractivity contribution in [2.75, 3.05) is 18.7 Å². The normalized spacial score (nSPS) is 19.7. The third-order valence-corrected chi connectivity index (χ3v) is 3.85. The fourth-order valence-electron chi connectivity index (χ4n) is 2.64. The molecular formula is C17H17N3O5. The number of nitrogens with one attached hydrogen (secondary N) is 2. The van der Waals surface area contributed by atoms with E-state index < -0.39 is 23.8 Å². The van der Waals surface area contributed by atoms with Crippen molar-refractivity contribution in [2.45, 2.75) is 6.92 Å². The Morgan fingerprint density at radius 2 is 2.12 bits per heavy atom. The fraction of sp³-hybridized carbons (Fsp3) is 0.235. The first-order valence-corrected chi connectivity index (χ1v) is 7.65. The molecule has 0 radical (unpaired) electrons. The molecule has 4 amide bonds. The van der Waals surface area contributed by atoms with Crippen molar-refractivity contribution in [1.29, 1.82) is 0 Å². The molecule has 2 heterocycles. The zero-order chi connectivity index (χ0) is 18.0. The molecule has 8 heteroatoms. The molecule has 1 aromatic carbocycles. The Kier molecular flexibility index (Phi) is 4.42. The van der Waals surface area contributed by atoms with Crippen molar-refractivity contribution in [3.63, 3.8) is 0 Å². The maximum Gasteiger partial charge on any atom is 0.331 e. The van der Waals surface area contributed by atoms with Gasteiger partial charge in [-0.2, -0.15) is 0 Å². The van der Waals surface area contributed by atoms with Crippen LogP contribution in [0.1, 0.15) is 6.92 Å². The molecule has 25 heavy (non-hydrogen) atoms. The molecule has 1 fully saturated rings. The Labute approximate surface area is 144 Å². The third-order valence-electron chi connectivity index (χ3n) is 3.85. The van der Waals surface area contributed by atoms with Gasteiger partial charge >= 0.3 is 6.03 Å². The number of hydrogen-bond acceptors (Lipinski definition) is 6. The Morgan fingerprint density at radius 3 is 2.84 bits per heavy atom. The van der Waals surface area contributed by atoms with E-state index in [9.17, 15) is 14.4 Å². The molecule has 2 N–H and O–H groups in total. The second-order valence-corrected chi connectivity index (χ2v) is 5.40. The standard InChI is InChI=1S/C17H17N3O5/c1-3-7-20-16(22)14(15(21)19-17(20)23)11(4-2)18-10-5-6-12-13(8-10)25-9-24-12/h3-6,8,14,18H,1,7,9H2,2H3,(H,19,21,23)/b11-4-/t14-/m1/s1. The number of carbonyl (C=O) groups excluding carboxylic acids is 3. The molecule has 3 rings (SSSR count). The molecule has 0 aliphatic carbocycles. The topological polar surface area (TPSA) is 97.0 Å². The SMILES string of the molecule is C=CCN1C(=O)NC(=O)[C@@H](/C(=C/C)Nc2ccc3c(c2)OCO3)C1=O. The predicted octanol–water partition coefficient (Wildman–Crippen LogP) is 1.61. The smallest absolute Gasteiger partial charge is 0.331 e. The van der Waals surface area contributed by atoms with Gasteiger partial charge < -0.3 is 14.8 Å². The van der Waals surface area contributed by atoms with E-state index in [-0.39, 0.29) is 13.3 Å². The van der Waals surface area contributed by atoms with Gasteiger partial charge in [-0.1, -0.05) is 12.2 Å². The van der Waals surface area contributed by atoms with Crippen LogP contribution >= 0.6 is 0 Å². The second kappa shape index (κ2) is 6.68. The van der Waals surface area contributed by atoms with Crippen molar-refractivity contribution in [3.05, 3.63) is 42.6 Å². The number of benzene rings is 1. The number of carbonyl (C=O) groups is 3. The van der Waals surface area contributed by atoms with Gasteiger partial charge in [0.2, 0.25) is 18.6 Å². The van der Waals surface area contributed by atoms with Gasteiger partial charge in [0.15, 0.2) is 17.4 Å². The number of rotatable bonds is 5. The summed E-state index contributed by atoms with van der Waals surface area (Å²) in [5.74, 6) is -1.22. The van der Waals surface area contributed by atoms with E-state index in [1.807, 2.05) is 0 Å². The number of anilines is 1. The Balaban J connectivity index is 1.84. The number of allylic oxidation sites excluding steroid dienone is 1. The summed E-state index contributed by atoms with van der Waals surface area (Å²) < 4.78 is 10.6. The van der Waals surface area contributed by atoms with Crippen LogP contribution in [0.25, 0.3) is 0 Å². The lowest BCUT2D eigenvalue weighted by Crippen LogP contribution is -2.58. The molecule has 8 nitrogen and oxygen atoms in total. The number of fused-ring (bicyclic) bond motifs is 1. The van der Waals surface area contributed by atoms with Gasteiger partial charge in [-0.05, 0) is 19.1 Å². The molecule has 0 saturated carbocycles. The Bertz CT molecular complexity index is 786. The van der Waals surface area contributed by atoms with Crippen LogP contribution in [0, 0.1) is 5.92 Å². The molecule has 1 aromatic rings.